The van der Waals surface area contributed by atoms with Crippen LogP contribution in [0.1, 0.15) is 28.8 Å². The number of carbonyl (C=O) groups is 1. The first-order valence-corrected chi connectivity index (χ1v) is 6.20. The predicted molar refractivity (Wildman–Crippen MR) is 67.3 cm³/mol. The lowest BCUT2D eigenvalue weighted by molar-refractivity contribution is 0.0677. The minimum absolute atomic E-state index is 0.0263. The van der Waals surface area contributed by atoms with Gasteiger partial charge in [-0.05, 0) is 37.5 Å². The predicted octanol–water partition coefficient (Wildman–Crippen LogP) is 2.25. The Hall–Kier alpha value is -1.06. The van der Waals surface area contributed by atoms with E-state index >= 15 is 0 Å². The molecule has 1 aliphatic rings. The first kappa shape index (κ1) is 12.4. The molecule has 1 atom stereocenters. The molecule has 1 saturated heterocycles. The van der Waals surface area contributed by atoms with E-state index in [4.69, 9.17) is 11.6 Å². The number of likely N-dealkylation sites (tertiary alicyclic amines) is 1. The van der Waals surface area contributed by atoms with Crippen LogP contribution in [-0.4, -0.2) is 35.1 Å². The number of nitrogens with zero attached hydrogens (tertiary/aromatic N) is 1. The quantitative estimate of drug-likeness (QED) is 0.878. The highest BCUT2D eigenvalue weighted by atomic mass is 35.5. The summed E-state index contributed by atoms with van der Waals surface area (Å²) < 4.78 is 0. The van der Waals surface area contributed by atoms with Crippen molar-refractivity contribution >= 4 is 17.5 Å². The molecule has 1 aromatic rings. The van der Waals surface area contributed by atoms with Gasteiger partial charge in [-0.1, -0.05) is 17.7 Å². The van der Waals surface area contributed by atoms with Crippen LogP contribution >= 0.6 is 11.6 Å². The summed E-state index contributed by atoms with van der Waals surface area (Å²) in [5.74, 6) is -0.0263. The Morgan fingerprint density at radius 1 is 1.59 bits per heavy atom. The SMILES string of the molecule is Cc1c(Cl)cccc1C(=O)N1CCC[C@@H]1CO. The fourth-order valence-electron chi connectivity index (χ4n) is 2.29. The molecule has 92 valence electrons. The van der Waals surface area contributed by atoms with Crippen molar-refractivity contribution in [3.8, 4) is 0 Å². The van der Waals surface area contributed by atoms with Gasteiger partial charge in [0.05, 0.1) is 12.6 Å². The van der Waals surface area contributed by atoms with Gasteiger partial charge >= 0.3 is 0 Å². The molecule has 2 rings (SSSR count). The minimum atomic E-state index is -0.0409. The lowest BCUT2D eigenvalue weighted by Crippen LogP contribution is -2.37. The Bertz CT molecular complexity index is 433. The topological polar surface area (TPSA) is 40.5 Å². The average Bonchev–Trinajstić information content (AvgIpc) is 2.80. The van der Waals surface area contributed by atoms with Gasteiger partial charge in [-0.3, -0.25) is 4.79 Å². The molecule has 4 heteroatoms. The second-order valence-corrected chi connectivity index (χ2v) is 4.80. The second-order valence-electron chi connectivity index (χ2n) is 4.39. The number of halogens is 1. The molecule has 1 aliphatic heterocycles. The molecule has 3 nitrogen and oxygen atoms in total. The van der Waals surface area contributed by atoms with Gasteiger partial charge in [0.25, 0.3) is 5.91 Å². The number of hydrogen-bond acceptors (Lipinski definition) is 2. The summed E-state index contributed by atoms with van der Waals surface area (Å²) in [5, 5.41) is 9.84. The molecule has 1 fully saturated rings. The van der Waals surface area contributed by atoms with E-state index < -0.39 is 0 Å². The molecule has 0 bridgehead atoms. The molecule has 0 unspecified atom stereocenters. The van der Waals surface area contributed by atoms with Gasteiger partial charge in [-0.25, -0.2) is 0 Å². The number of aliphatic hydroxyl groups excluding tert-OH is 1. The second kappa shape index (κ2) is 5.07. The lowest BCUT2D eigenvalue weighted by Gasteiger charge is -2.24. The maximum Gasteiger partial charge on any atom is 0.254 e. The number of rotatable bonds is 2. The Labute approximate surface area is 106 Å². The first-order valence-electron chi connectivity index (χ1n) is 5.82. The zero-order chi connectivity index (χ0) is 12.4. The van der Waals surface area contributed by atoms with Gasteiger partial charge in [-0.15, -0.1) is 0 Å². The van der Waals surface area contributed by atoms with Crippen LogP contribution < -0.4 is 0 Å². The van der Waals surface area contributed by atoms with Gasteiger partial charge in [0, 0.05) is 17.1 Å². The Balaban J connectivity index is 2.28. The molecule has 0 radical (unpaired) electrons. The van der Waals surface area contributed by atoms with Crippen LogP contribution in [0.25, 0.3) is 0 Å². The van der Waals surface area contributed by atoms with Crippen molar-refractivity contribution in [3.63, 3.8) is 0 Å². The zero-order valence-corrected chi connectivity index (χ0v) is 10.6. The van der Waals surface area contributed by atoms with Gasteiger partial charge in [0.15, 0.2) is 0 Å². The molecule has 1 heterocycles. The van der Waals surface area contributed by atoms with Crippen LogP contribution in [0.3, 0.4) is 0 Å². The van der Waals surface area contributed by atoms with Crippen molar-refractivity contribution in [2.75, 3.05) is 13.2 Å². The molecule has 1 aromatic carbocycles. The van der Waals surface area contributed by atoms with Crippen LogP contribution in [-0.2, 0) is 0 Å². The van der Waals surface area contributed by atoms with E-state index in [2.05, 4.69) is 0 Å². The average molecular weight is 254 g/mol. The molecular formula is C13H16ClNO2. The van der Waals surface area contributed by atoms with Crippen molar-refractivity contribution in [2.45, 2.75) is 25.8 Å². The number of aliphatic hydroxyl groups is 1. The molecule has 0 saturated carbocycles. The summed E-state index contributed by atoms with van der Waals surface area (Å²) in [6.45, 7) is 2.60. The van der Waals surface area contributed by atoms with E-state index in [1.165, 1.54) is 0 Å². The normalized spacial score (nSPS) is 19.7. The molecule has 0 aromatic heterocycles. The number of hydrogen-bond donors (Lipinski definition) is 1. The molecule has 0 spiro atoms. The molecular weight excluding hydrogens is 238 g/mol. The Morgan fingerprint density at radius 3 is 3.06 bits per heavy atom. The standard InChI is InChI=1S/C13H16ClNO2/c1-9-11(5-2-6-12(9)14)13(17)15-7-3-4-10(15)8-16/h2,5-6,10,16H,3-4,7-8H2,1H3/t10-/m1/s1. The van der Waals surface area contributed by atoms with Crippen molar-refractivity contribution < 1.29 is 9.90 Å². The smallest absolute Gasteiger partial charge is 0.254 e. The molecule has 1 N–H and O–H groups in total. The van der Waals surface area contributed by atoms with E-state index in [-0.39, 0.29) is 18.6 Å². The van der Waals surface area contributed by atoms with Crippen molar-refractivity contribution in [1.82, 2.24) is 4.90 Å². The largest absolute Gasteiger partial charge is 0.394 e. The summed E-state index contributed by atoms with van der Waals surface area (Å²) in [6, 6.07) is 5.31. The highest BCUT2D eigenvalue weighted by Crippen LogP contribution is 2.24. The van der Waals surface area contributed by atoms with Crippen LogP contribution in [0.5, 0.6) is 0 Å². The summed E-state index contributed by atoms with van der Waals surface area (Å²) in [7, 11) is 0. The van der Waals surface area contributed by atoms with Gasteiger partial charge in [0.2, 0.25) is 0 Å². The molecule has 17 heavy (non-hydrogen) atoms. The number of carbonyl (C=O) groups excluding carboxylic acids is 1. The summed E-state index contributed by atoms with van der Waals surface area (Å²) >= 11 is 6.01. The zero-order valence-electron chi connectivity index (χ0n) is 9.82. The fourth-order valence-corrected chi connectivity index (χ4v) is 2.46. The van der Waals surface area contributed by atoms with Gasteiger partial charge in [-0.2, -0.15) is 0 Å². The van der Waals surface area contributed by atoms with E-state index in [0.29, 0.717) is 10.6 Å². The maximum atomic E-state index is 12.3. The van der Waals surface area contributed by atoms with E-state index in [1.54, 1.807) is 23.1 Å². The Kier molecular flexibility index (Phi) is 3.69. The lowest BCUT2D eigenvalue weighted by atomic mass is 10.1. The maximum absolute atomic E-state index is 12.3. The van der Waals surface area contributed by atoms with Crippen LogP contribution in [0, 0.1) is 6.92 Å². The fraction of sp³-hybridized carbons (Fsp3) is 0.462. The van der Waals surface area contributed by atoms with Crippen molar-refractivity contribution in [3.05, 3.63) is 34.3 Å². The Morgan fingerprint density at radius 2 is 2.35 bits per heavy atom. The van der Waals surface area contributed by atoms with Crippen molar-refractivity contribution in [1.29, 1.82) is 0 Å². The van der Waals surface area contributed by atoms with Crippen LogP contribution in [0.15, 0.2) is 18.2 Å². The first-order chi connectivity index (χ1) is 8.15. The van der Waals surface area contributed by atoms with Crippen molar-refractivity contribution in [2.24, 2.45) is 0 Å². The molecule has 1 amide bonds. The third-order valence-electron chi connectivity index (χ3n) is 3.35. The summed E-state index contributed by atoms with van der Waals surface area (Å²) in [4.78, 5) is 14.1. The van der Waals surface area contributed by atoms with Gasteiger partial charge < -0.3 is 10.0 Å². The highest BCUT2D eigenvalue weighted by molar-refractivity contribution is 6.31. The monoisotopic (exact) mass is 253 g/mol. The third-order valence-corrected chi connectivity index (χ3v) is 3.76. The number of amides is 1. The summed E-state index contributed by atoms with van der Waals surface area (Å²) in [6.07, 6.45) is 1.83. The highest BCUT2D eigenvalue weighted by Gasteiger charge is 2.29. The van der Waals surface area contributed by atoms with Crippen LogP contribution in [0.4, 0.5) is 0 Å². The molecule has 0 aliphatic carbocycles. The van der Waals surface area contributed by atoms with E-state index in [1.807, 2.05) is 6.92 Å². The third kappa shape index (κ3) is 2.31. The minimum Gasteiger partial charge on any atom is -0.394 e. The summed E-state index contributed by atoms with van der Waals surface area (Å²) in [5.41, 5.74) is 1.45. The van der Waals surface area contributed by atoms with Crippen LogP contribution in [0.2, 0.25) is 5.02 Å². The van der Waals surface area contributed by atoms with Gasteiger partial charge in [0.1, 0.15) is 0 Å². The van der Waals surface area contributed by atoms with E-state index in [0.717, 1.165) is 24.9 Å². The number of benzene rings is 1. The van der Waals surface area contributed by atoms with E-state index in [9.17, 15) is 9.90 Å².